The SMILES string of the molecule is C=CCN(Cc1ccccc1C)C(=O)CCNS(C)(=O)=O. The molecule has 116 valence electrons. The molecule has 1 rings (SSSR count). The molecule has 0 aliphatic heterocycles. The van der Waals surface area contributed by atoms with Crippen LogP contribution in [0.2, 0.25) is 0 Å². The highest BCUT2D eigenvalue weighted by Crippen LogP contribution is 2.11. The summed E-state index contributed by atoms with van der Waals surface area (Å²) in [7, 11) is -3.26. The summed E-state index contributed by atoms with van der Waals surface area (Å²) < 4.78 is 24.3. The zero-order valence-corrected chi connectivity index (χ0v) is 13.3. The summed E-state index contributed by atoms with van der Waals surface area (Å²) in [4.78, 5) is 13.8. The van der Waals surface area contributed by atoms with Crippen molar-refractivity contribution >= 4 is 15.9 Å². The minimum Gasteiger partial charge on any atom is -0.335 e. The van der Waals surface area contributed by atoms with Gasteiger partial charge in [-0.1, -0.05) is 30.3 Å². The lowest BCUT2D eigenvalue weighted by Crippen LogP contribution is -2.34. The first-order valence-corrected chi connectivity index (χ1v) is 8.60. The summed E-state index contributed by atoms with van der Waals surface area (Å²) in [6, 6.07) is 7.86. The second-order valence-corrected chi connectivity index (χ2v) is 6.74. The van der Waals surface area contributed by atoms with Gasteiger partial charge in [0.1, 0.15) is 0 Å². The van der Waals surface area contributed by atoms with E-state index < -0.39 is 10.0 Å². The number of benzene rings is 1. The number of amides is 1. The average molecular weight is 310 g/mol. The van der Waals surface area contributed by atoms with Crippen LogP contribution in [-0.4, -0.2) is 38.6 Å². The Morgan fingerprint density at radius 3 is 2.62 bits per heavy atom. The lowest BCUT2D eigenvalue weighted by molar-refractivity contribution is -0.131. The quantitative estimate of drug-likeness (QED) is 0.739. The number of carbonyl (C=O) groups is 1. The standard InChI is InChI=1S/C15H22N2O3S/c1-4-11-17(12-14-8-6-5-7-13(14)2)15(18)9-10-16-21(3,19)20/h4-8,16H,1,9-12H2,2-3H3. The molecule has 5 nitrogen and oxygen atoms in total. The topological polar surface area (TPSA) is 66.5 Å². The maximum Gasteiger partial charge on any atom is 0.224 e. The summed E-state index contributed by atoms with van der Waals surface area (Å²) in [5, 5.41) is 0. The molecule has 1 N–H and O–H groups in total. The van der Waals surface area contributed by atoms with Crippen LogP contribution in [0.5, 0.6) is 0 Å². The zero-order chi connectivity index (χ0) is 15.9. The van der Waals surface area contributed by atoms with Gasteiger partial charge in [0, 0.05) is 26.1 Å². The van der Waals surface area contributed by atoms with E-state index in [4.69, 9.17) is 0 Å². The van der Waals surface area contributed by atoms with E-state index in [2.05, 4.69) is 11.3 Å². The molecule has 6 heteroatoms. The molecule has 0 atom stereocenters. The second kappa shape index (κ2) is 7.95. The molecule has 0 saturated heterocycles. The summed E-state index contributed by atoms with van der Waals surface area (Å²) in [5.74, 6) is -0.102. The maximum atomic E-state index is 12.2. The molecule has 1 aromatic carbocycles. The third-order valence-electron chi connectivity index (χ3n) is 3.03. The third-order valence-corrected chi connectivity index (χ3v) is 3.76. The van der Waals surface area contributed by atoms with E-state index in [0.717, 1.165) is 17.4 Å². The fourth-order valence-corrected chi connectivity index (χ4v) is 2.38. The molecular weight excluding hydrogens is 288 g/mol. The lowest BCUT2D eigenvalue weighted by Gasteiger charge is -2.22. The van der Waals surface area contributed by atoms with Gasteiger partial charge < -0.3 is 4.90 Å². The first-order valence-electron chi connectivity index (χ1n) is 6.71. The number of hydrogen-bond donors (Lipinski definition) is 1. The van der Waals surface area contributed by atoms with Gasteiger partial charge in [-0.25, -0.2) is 13.1 Å². The van der Waals surface area contributed by atoms with E-state index in [9.17, 15) is 13.2 Å². The number of nitrogens with zero attached hydrogens (tertiary/aromatic N) is 1. The average Bonchev–Trinajstić information content (AvgIpc) is 2.39. The first kappa shape index (κ1) is 17.4. The fraction of sp³-hybridized carbons (Fsp3) is 0.400. The van der Waals surface area contributed by atoms with Crippen LogP contribution in [0, 0.1) is 6.92 Å². The van der Waals surface area contributed by atoms with Crippen molar-refractivity contribution in [1.29, 1.82) is 0 Å². The summed E-state index contributed by atoms with van der Waals surface area (Å²) >= 11 is 0. The minimum atomic E-state index is -3.26. The number of aryl methyl sites for hydroxylation is 1. The van der Waals surface area contributed by atoms with Crippen LogP contribution in [0.3, 0.4) is 0 Å². The van der Waals surface area contributed by atoms with Crippen LogP contribution in [-0.2, 0) is 21.4 Å². The number of sulfonamides is 1. The van der Waals surface area contributed by atoms with E-state index in [1.165, 1.54) is 0 Å². The molecule has 0 aliphatic carbocycles. The van der Waals surface area contributed by atoms with Crippen molar-refractivity contribution in [2.24, 2.45) is 0 Å². The molecule has 0 bridgehead atoms. The molecule has 1 aromatic rings. The molecule has 0 radical (unpaired) electrons. The Labute approximate surface area is 126 Å². The van der Waals surface area contributed by atoms with Crippen LogP contribution in [0.4, 0.5) is 0 Å². The number of carbonyl (C=O) groups excluding carboxylic acids is 1. The predicted molar refractivity (Wildman–Crippen MR) is 84.3 cm³/mol. The molecule has 0 spiro atoms. The van der Waals surface area contributed by atoms with Gasteiger partial charge in [0.05, 0.1) is 6.26 Å². The van der Waals surface area contributed by atoms with E-state index in [0.29, 0.717) is 13.1 Å². The normalized spacial score (nSPS) is 11.1. The molecule has 0 heterocycles. The number of nitrogens with one attached hydrogen (secondary N) is 1. The Kier molecular flexibility index (Phi) is 6.58. The van der Waals surface area contributed by atoms with Gasteiger partial charge in [-0.3, -0.25) is 4.79 Å². The molecule has 0 aromatic heterocycles. The van der Waals surface area contributed by atoms with Crippen molar-refractivity contribution in [3.8, 4) is 0 Å². The monoisotopic (exact) mass is 310 g/mol. The van der Waals surface area contributed by atoms with Crippen LogP contribution in [0.25, 0.3) is 0 Å². The van der Waals surface area contributed by atoms with E-state index in [1.807, 2.05) is 31.2 Å². The van der Waals surface area contributed by atoms with Crippen molar-refractivity contribution in [2.45, 2.75) is 19.9 Å². The van der Waals surface area contributed by atoms with Gasteiger partial charge in [0.25, 0.3) is 0 Å². The summed E-state index contributed by atoms with van der Waals surface area (Å²) in [5.41, 5.74) is 2.19. The lowest BCUT2D eigenvalue weighted by atomic mass is 10.1. The summed E-state index contributed by atoms with van der Waals surface area (Å²) in [6.45, 7) is 6.70. The number of hydrogen-bond acceptors (Lipinski definition) is 3. The highest BCUT2D eigenvalue weighted by Gasteiger charge is 2.14. The van der Waals surface area contributed by atoms with Crippen molar-refractivity contribution in [1.82, 2.24) is 9.62 Å². The Bertz CT molecular complexity index is 597. The first-order chi connectivity index (χ1) is 9.83. The van der Waals surface area contributed by atoms with E-state index in [-0.39, 0.29) is 18.9 Å². The van der Waals surface area contributed by atoms with Gasteiger partial charge in [-0.15, -0.1) is 6.58 Å². The van der Waals surface area contributed by atoms with Crippen LogP contribution in [0.15, 0.2) is 36.9 Å². The van der Waals surface area contributed by atoms with Gasteiger partial charge in [0.2, 0.25) is 15.9 Å². The molecular formula is C15H22N2O3S. The van der Waals surface area contributed by atoms with E-state index in [1.54, 1.807) is 11.0 Å². The number of rotatable bonds is 8. The highest BCUT2D eigenvalue weighted by atomic mass is 32.2. The van der Waals surface area contributed by atoms with Gasteiger partial charge in [-0.05, 0) is 18.1 Å². The molecule has 21 heavy (non-hydrogen) atoms. The smallest absolute Gasteiger partial charge is 0.224 e. The Morgan fingerprint density at radius 2 is 2.05 bits per heavy atom. The van der Waals surface area contributed by atoms with Crippen LogP contribution >= 0.6 is 0 Å². The zero-order valence-electron chi connectivity index (χ0n) is 12.5. The highest BCUT2D eigenvalue weighted by molar-refractivity contribution is 7.88. The van der Waals surface area contributed by atoms with Crippen molar-refractivity contribution in [2.75, 3.05) is 19.3 Å². The maximum absolute atomic E-state index is 12.2. The molecule has 1 amide bonds. The Balaban J connectivity index is 2.66. The molecule has 0 fully saturated rings. The van der Waals surface area contributed by atoms with Crippen molar-refractivity contribution in [3.05, 3.63) is 48.0 Å². The Hall–Kier alpha value is -1.66. The third kappa shape index (κ3) is 6.55. The minimum absolute atomic E-state index is 0.102. The molecule has 0 aliphatic rings. The van der Waals surface area contributed by atoms with Gasteiger partial charge >= 0.3 is 0 Å². The van der Waals surface area contributed by atoms with Crippen molar-refractivity contribution < 1.29 is 13.2 Å². The van der Waals surface area contributed by atoms with Gasteiger partial charge in [0.15, 0.2) is 0 Å². The largest absolute Gasteiger partial charge is 0.335 e. The van der Waals surface area contributed by atoms with Crippen LogP contribution in [0.1, 0.15) is 17.5 Å². The summed E-state index contributed by atoms with van der Waals surface area (Å²) in [6.07, 6.45) is 2.87. The van der Waals surface area contributed by atoms with Crippen LogP contribution < -0.4 is 4.72 Å². The van der Waals surface area contributed by atoms with Crippen molar-refractivity contribution in [3.63, 3.8) is 0 Å². The second-order valence-electron chi connectivity index (χ2n) is 4.91. The fourth-order valence-electron chi connectivity index (χ4n) is 1.90. The predicted octanol–water partition coefficient (Wildman–Crippen LogP) is 1.45. The molecule has 0 unspecified atom stereocenters. The Morgan fingerprint density at radius 1 is 1.38 bits per heavy atom. The van der Waals surface area contributed by atoms with Gasteiger partial charge in [-0.2, -0.15) is 0 Å². The van der Waals surface area contributed by atoms with E-state index >= 15 is 0 Å². The molecule has 0 saturated carbocycles.